The molecule has 0 saturated carbocycles. The monoisotopic (exact) mass is 559 g/mol. The molecule has 7 nitrogen and oxygen atoms in total. The Morgan fingerprint density at radius 1 is 0.947 bits per heavy atom. The molecule has 3 aromatic carbocycles. The normalized spacial score (nSPS) is 12.2. The lowest BCUT2D eigenvalue weighted by molar-refractivity contribution is -0.140. The van der Waals surface area contributed by atoms with E-state index in [1.165, 1.54) is 23.1 Å². The first kappa shape index (κ1) is 29.1. The van der Waals surface area contributed by atoms with Crippen molar-refractivity contribution in [3.63, 3.8) is 0 Å². The quantitative estimate of drug-likeness (QED) is 0.377. The van der Waals surface area contributed by atoms with E-state index in [0.29, 0.717) is 10.6 Å². The van der Waals surface area contributed by atoms with Gasteiger partial charge in [-0.05, 0) is 49.2 Å². The molecule has 1 N–H and O–H groups in total. The van der Waals surface area contributed by atoms with Gasteiger partial charge in [0.2, 0.25) is 21.8 Å². The summed E-state index contributed by atoms with van der Waals surface area (Å²) in [5.74, 6) is -1.85. The number of para-hydroxylation sites is 1. The summed E-state index contributed by atoms with van der Waals surface area (Å²) >= 11 is 6.18. The Balaban J connectivity index is 2.07. The van der Waals surface area contributed by atoms with Gasteiger partial charge in [-0.1, -0.05) is 66.2 Å². The fourth-order valence-electron chi connectivity index (χ4n) is 4.02. The fraction of sp³-hybridized carbons (Fsp3) is 0.286. The van der Waals surface area contributed by atoms with Crippen molar-refractivity contribution in [1.82, 2.24) is 10.2 Å². The van der Waals surface area contributed by atoms with Gasteiger partial charge in [0.25, 0.3) is 0 Å². The Kier molecular flexibility index (Phi) is 9.88. The lowest BCUT2D eigenvalue weighted by Gasteiger charge is -2.34. The molecule has 10 heteroatoms. The SMILES string of the molecule is CC(C)NC(=O)C(Cc1ccccc1)N(Cc1cccc(Cl)c1)C(=O)CN(c1ccccc1F)S(C)(=O)=O. The smallest absolute Gasteiger partial charge is 0.244 e. The van der Waals surface area contributed by atoms with Crippen molar-refractivity contribution in [3.05, 3.63) is 101 Å². The Labute approximate surface area is 228 Å². The number of hydrogen-bond acceptors (Lipinski definition) is 4. The maximum atomic E-state index is 14.6. The number of halogens is 2. The van der Waals surface area contributed by atoms with Gasteiger partial charge in [0.1, 0.15) is 18.4 Å². The van der Waals surface area contributed by atoms with E-state index in [9.17, 15) is 22.4 Å². The van der Waals surface area contributed by atoms with E-state index in [1.54, 1.807) is 24.3 Å². The molecule has 0 aliphatic rings. The molecule has 0 saturated heterocycles. The van der Waals surface area contributed by atoms with E-state index in [1.807, 2.05) is 44.2 Å². The van der Waals surface area contributed by atoms with Gasteiger partial charge in [0.15, 0.2) is 0 Å². The van der Waals surface area contributed by atoms with Crippen molar-refractivity contribution >= 4 is 39.1 Å². The molecular weight excluding hydrogens is 529 g/mol. The van der Waals surface area contributed by atoms with E-state index in [-0.39, 0.29) is 24.7 Å². The minimum atomic E-state index is -4.05. The number of sulfonamides is 1. The first-order valence-corrected chi connectivity index (χ1v) is 14.3. The number of carbonyl (C=O) groups excluding carboxylic acids is 2. The van der Waals surface area contributed by atoms with Crippen LogP contribution < -0.4 is 9.62 Å². The van der Waals surface area contributed by atoms with Gasteiger partial charge in [-0.15, -0.1) is 0 Å². The summed E-state index contributed by atoms with van der Waals surface area (Å²) in [6.45, 7) is 2.91. The maximum absolute atomic E-state index is 14.6. The van der Waals surface area contributed by atoms with Gasteiger partial charge in [-0.2, -0.15) is 0 Å². The first-order chi connectivity index (χ1) is 18.0. The lowest BCUT2D eigenvalue weighted by Crippen LogP contribution is -2.54. The van der Waals surface area contributed by atoms with Crippen molar-refractivity contribution in [3.8, 4) is 0 Å². The summed E-state index contributed by atoms with van der Waals surface area (Å²) in [6, 6.07) is 20.2. The van der Waals surface area contributed by atoms with Crippen LogP contribution in [0.5, 0.6) is 0 Å². The summed E-state index contributed by atoms with van der Waals surface area (Å²) in [5, 5.41) is 3.32. The van der Waals surface area contributed by atoms with Crippen molar-refractivity contribution in [1.29, 1.82) is 0 Å². The highest BCUT2D eigenvalue weighted by molar-refractivity contribution is 7.92. The molecular formula is C28H31ClFN3O4S. The Morgan fingerprint density at radius 2 is 1.58 bits per heavy atom. The average molecular weight is 560 g/mol. The second kappa shape index (κ2) is 12.9. The van der Waals surface area contributed by atoms with Crippen LogP contribution in [0, 0.1) is 5.82 Å². The van der Waals surface area contributed by atoms with Crippen LogP contribution in [0.4, 0.5) is 10.1 Å². The number of carbonyl (C=O) groups is 2. The molecule has 1 atom stereocenters. The molecule has 0 heterocycles. The minimum Gasteiger partial charge on any atom is -0.352 e. The zero-order valence-electron chi connectivity index (χ0n) is 21.5. The zero-order valence-corrected chi connectivity index (χ0v) is 23.0. The van der Waals surface area contributed by atoms with E-state index < -0.39 is 40.2 Å². The van der Waals surface area contributed by atoms with Crippen LogP contribution in [0.2, 0.25) is 5.02 Å². The molecule has 3 aromatic rings. The third-order valence-corrected chi connectivity index (χ3v) is 7.11. The molecule has 2 amide bonds. The third kappa shape index (κ3) is 8.03. The van der Waals surface area contributed by atoms with Crippen LogP contribution >= 0.6 is 11.6 Å². The highest BCUT2D eigenvalue weighted by Gasteiger charge is 2.33. The summed E-state index contributed by atoms with van der Waals surface area (Å²) in [5.41, 5.74) is 1.21. The summed E-state index contributed by atoms with van der Waals surface area (Å²) in [7, 11) is -4.05. The molecule has 38 heavy (non-hydrogen) atoms. The minimum absolute atomic E-state index is 0.0166. The summed E-state index contributed by atoms with van der Waals surface area (Å²) < 4.78 is 40.7. The third-order valence-electron chi connectivity index (χ3n) is 5.74. The van der Waals surface area contributed by atoms with Crippen LogP contribution in [-0.4, -0.2) is 50.0 Å². The number of anilines is 1. The van der Waals surface area contributed by atoms with E-state index in [0.717, 1.165) is 22.2 Å². The van der Waals surface area contributed by atoms with Crippen LogP contribution in [0.25, 0.3) is 0 Å². The van der Waals surface area contributed by atoms with Crippen molar-refractivity contribution in [2.75, 3.05) is 17.1 Å². The summed E-state index contributed by atoms with van der Waals surface area (Å²) in [4.78, 5) is 28.7. The molecule has 0 bridgehead atoms. The molecule has 0 fully saturated rings. The van der Waals surface area contributed by atoms with Gasteiger partial charge in [0.05, 0.1) is 11.9 Å². The highest BCUT2D eigenvalue weighted by Crippen LogP contribution is 2.23. The number of benzene rings is 3. The highest BCUT2D eigenvalue weighted by atomic mass is 35.5. The van der Waals surface area contributed by atoms with Crippen LogP contribution in [-0.2, 0) is 32.6 Å². The predicted molar refractivity (Wildman–Crippen MR) is 148 cm³/mol. The maximum Gasteiger partial charge on any atom is 0.244 e. The molecule has 0 aliphatic heterocycles. The van der Waals surface area contributed by atoms with E-state index in [2.05, 4.69) is 5.32 Å². The van der Waals surface area contributed by atoms with Crippen LogP contribution in [0.3, 0.4) is 0 Å². The topological polar surface area (TPSA) is 86.8 Å². The lowest BCUT2D eigenvalue weighted by atomic mass is 10.0. The second-order valence-electron chi connectivity index (χ2n) is 9.24. The number of nitrogens with zero attached hydrogens (tertiary/aromatic N) is 2. The average Bonchev–Trinajstić information content (AvgIpc) is 2.84. The predicted octanol–water partition coefficient (Wildman–Crippen LogP) is 4.41. The van der Waals surface area contributed by atoms with Crippen molar-refractivity contribution in [2.24, 2.45) is 0 Å². The standard InChI is InChI=1S/C28H31ClFN3O4S/c1-20(2)31-28(35)26(17-21-10-5-4-6-11-21)32(18-22-12-9-13-23(29)16-22)27(34)19-33(38(3,36)37)25-15-8-7-14-24(25)30/h4-16,20,26H,17-19H2,1-3H3,(H,31,35). The Bertz CT molecular complexity index is 1370. The Morgan fingerprint density at radius 3 is 2.18 bits per heavy atom. The van der Waals surface area contributed by atoms with Crippen molar-refractivity contribution in [2.45, 2.75) is 38.9 Å². The molecule has 1 unspecified atom stereocenters. The Hall–Kier alpha value is -3.43. The molecule has 0 spiro atoms. The zero-order chi connectivity index (χ0) is 27.9. The van der Waals surface area contributed by atoms with Gasteiger partial charge in [-0.25, -0.2) is 12.8 Å². The number of rotatable bonds is 11. The van der Waals surface area contributed by atoms with Gasteiger partial charge in [-0.3, -0.25) is 13.9 Å². The second-order valence-corrected chi connectivity index (χ2v) is 11.6. The van der Waals surface area contributed by atoms with Gasteiger partial charge < -0.3 is 10.2 Å². The largest absolute Gasteiger partial charge is 0.352 e. The molecule has 202 valence electrons. The first-order valence-electron chi connectivity index (χ1n) is 12.1. The number of nitrogens with one attached hydrogen (secondary N) is 1. The molecule has 0 radical (unpaired) electrons. The number of hydrogen-bond donors (Lipinski definition) is 1. The molecule has 0 aliphatic carbocycles. The fourth-order valence-corrected chi connectivity index (χ4v) is 5.08. The van der Waals surface area contributed by atoms with Crippen molar-refractivity contribution < 1.29 is 22.4 Å². The summed E-state index contributed by atoms with van der Waals surface area (Å²) in [6.07, 6.45) is 1.09. The van der Waals surface area contributed by atoms with E-state index in [4.69, 9.17) is 11.6 Å². The van der Waals surface area contributed by atoms with Crippen LogP contribution in [0.1, 0.15) is 25.0 Å². The molecule has 0 aromatic heterocycles. The molecule has 3 rings (SSSR count). The van der Waals surface area contributed by atoms with Crippen LogP contribution in [0.15, 0.2) is 78.9 Å². The van der Waals surface area contributed by atoms with E-state index >= 15 is 0 Å². The number of amides is 2. The van der Waals surface area contributed by atoms with Gasteiger partial charge in [0, 0.05) is 24.0 Å². The van der Waals surface area contributed by atoms with Gasteiger partial charge >= 0.3 is 0 Å².